The first-order valence-corrected chi connectivity index (χ1v) is 7.48. The summed E-state index contributed by atoms with van der Waals surface area (Å²) in [5, 5.41) is 0. The summed E-state index contributed by atoms with van der Waals surface area (Å²) in [7, 11) is 0. The maximum absolute atomic E-state index is 10.7. The first kappa shape index (κ1) is 14.4. The molecule has 3 heteroatoms. The molecule has 0 radical (unpaired) electrons. The average molecular weight is 254 g/mol. The Morgan fingerprint density at radius 1 is 1.18 bits per heavy atom. The molecule has 0 aliphatic rings. The SMILES string of the molecule is CCCCc1cc(C)c(CCS(=O)O)c(C)c1. The minimum absolute atomic E-state index is 0.329. The standard InChI is InChI=1S/C14H22O2S/c1-4-5-6-13-9-11(2)14(12(3)10-13)7-8-17(15)16/h9-10H,4-8H2,1-3H3,(H,15,16). The molecule has 17 heavy (non-hydrogen) atoms. The molecule has 96 valence electrons. The predicted octanol–water partition coefficient (Wildman–Crippen LogP) is 3.41. The number of aryl methyl sites for hydroxylation is 3. The summed E-state index contributed by atoms with van der Waals surface area (Å²) in [5.41, 5.74) is 5.12. The molecule has 0 aliphatic carbocycles. The van der Waals surface area contributed by atoms with Crippen molar-refractivity contribution >= 4 is 11.1 Å². The molecule has 1 aromatic carbocycles. The fraction of sp³-hybridized carbons (Fsp3) is 0.571. The van der Waals surface area contributed by atoms with Gasteiger partial charge in [0.25, 0.3) is 0 Å². The number of unbranched alkanes of at least 4 members (excludes halogenated alkanes) is 1. The van der Waals surface area contributed by atoms with Gasteiger partial charge in [0, 0.05) is 0 Å². The molecule has 0 bridgehead atoms. The maximum atomic E-state index is 10.7. The number of hydrogen-bond acceptors (Lipinski definition) is 1. The second-order valence-electron chi connectivity index (χ2n) is 4.59. The molecule has 2 nitrogen and oxygen atoms in total. The third-order valence-electron chi connectivity index (χ3n) is 3.10. The molecule has 1 aromatic rings. The van der Waals surface area contributed by atoms with Crippen LogP contribution in [0.5, 0.6) is 0 Å². The van der Waals surface area contributed by atoms with Crippen molar-refractivity contribution in [3.05, 3.63) is 34.4 Å². The van der Waals surface area contributed by atoms with Crippen molar-refractivity contribution in [2.24, 2.45) is 0 Å². The zero-order valence-corrected chi connectivity index (χ0v) is 11.8. The molecule has 0 spiro atoms. The van der Waals surface area contributed by atoms with Gasteiger partial charge in [0.15, 0.2) is 11.1 Å². The molecule has 0 amide bonds. The molecular weight excluding hydrogens is 232 g/mol. The molecule has 0 aromatic heterocycles. The summed E-state index contributed by atoms with van der Waals surface area (Å²) in [6, 6.07) is 4.44. The summed E-state index contributed by atoms with van der Waals surface area (Å²) >= 11 is -1.69. The zero-order chi connectivity index (χ0) is 12.8. The third-order valence-corrected chi connectivity index (χ3v) is 3.65. The number of rotatable bonds is 6. The van der Waals surface area contributed by atoms with Crippen molar-refractivity contribution in [2.45, 2.75) is 46.5 Å². The molecular formula is C14H22O2S. The van der Waals surface area contributed by atoms with Crippen LogP contribution in [0.3, 0.4) is 0 Å². The number of hydrogen-bond donors (Lipinski definition) is 1. The van der Waals surface area contributed by atoms with E-state index >= 15 is 0 Å². The molecule has 0 heterocycles. The average Bonchev–Trinajstić information content (AvgIpc) is 2.24. The Bertz CT molecular complexity index is 376. The van der Waals surface area contributed by atoms with E-state index in [0.717, 1.165) is 6.42 Å². The summed E-state index contributed by atoms with van der Waals surface area (Å²) in [5.74, 6) is 0.329. The molecule has 1 unspecified atom stereocenters. The first-order valence-electron chi connectivity index (χ1n) is 6.21. The van der Waals surface area contributed by atoms with Crippen molar-refractivity contribution in [2.75, 3.05) is 5.75 Å². The van der Waals surface area contributed by atoms with Crippen LogP contribution in [-0.2, 0) is 23.9 Å². The first-order chi connectivity index (χ1) is 8.04. The minimum Gasteiger partial charge on any atom is -0.306 e. The molecule has 1 atom stereocenters. The van der Waals surface area contributed by atoms with Gasteiger partial charge in [-0.15, -0.1) is 0 Å². The van der Waals surface area contributed by atoms with Gasteiger partial charge in [-0.05, 0) is 55.4 Å². The fourth-order valence-corrected chi connectivity index (χ4v) is 2.57. The Balaban J connectivity index is 2.82. The van der Waals surface area contributed by atoms with Gasteiger partial charge in [-0.3, -0.25) is 0 Å². The molecule has 0 fully saturated rings. The van der Waals surface area contributed by atoms with Gasteiger partial charge in [-0.2, -0.15) is 0 Å². The van der Waals surface area contributed by atoms with E-state index in [1.165, 1.54) is 35.1 Å². The Morgan fingerprint density at radius 2 is 1.76 bits per heavy atom. The van der Waals surface area contributed by atoms with Crippen molar-refractivity contribution in [1.82, 2.24) is 0 Å². The molecule has 0 saturated carbocycles. The van der Waals surface area contributed by atoms with Gasteiger partial charge in [0.05, 0.1) is 5.75 Å². The van der Waals surface area contributed by atoms with E-state index in [4.69, 9.17) is 4.55 Å². The number of benzene rings is 1. The normalized spacial score (nSPS) is 12.7. The van der Waals surface area contributed by atoms with E-state index in [9.17, 15) is 4.21 Å². The van der Waals surface area contributed by atoms with Crippen molar-refractivity contribution in [1.29, 1.82) is 0 Å². The monoisotopic (exact) mass is 254 g/mol. The topological polar surface area (TPSA) is 37.3 Å². The minimum atomic E-state index is -1.69. The second-order valence-corrected chi connectivity index (χ2v) is 5.64. The largest absolute Gasteiger partial charge is 0.306 e. The van der Waals surface area contributed by atoms with Crippen LogP contribution < -0.4 is 0 Å². The highest BCUT2D eigenvalue weighted by Crippen LogP contribution is 2.19. The zero-order valence-electron chi connectivity index (χ0n) is 11.0. The van der Waals surface area contributed by atoms with Gasteiger partial charge in [-0.1, -0.05) is 25.5 Å². The predicted molar refractivity (Wildman–Crippen MR) is 73.9 cm³/mol. The van der Waals surface area contributed by atoms with Crippen LogP contribution in [0.15, 0.2) is 12.1 Å². The third kappa shape index (κ3) is 4.60. The van der Waals surface area contributed by atoms with Crippen molar-refractivity contribution < 1.29 is 8.76 Å². The van der Waals surface area contributed by atoms with Crippen LogP contribution >= 0.6 is 0 Å². The lowest BCUT2D eigenvalue weighted by molar-refractivity contribution is 0.563. The Labute approximate surface area is 107 Å². The van der Waals surface area contributed by atoms with Crippen LogP contribution in [0.4, 0.5) is 0 Å². The van der Waals surface area contributed by atoms with Crippen molar-refractivity contribution in [3.8, 4) is 0 Å². The van der Waals surface area contributed by atoms with Crippen LogP contribution in [0.25, 0.3) is 0 Å². The Hall–Kier alpha value is -0.670. The van der Waals surface area contributed by atoms with E-state index < -0.39 is 11.1 Å². The second kappa shape index (κ2) is 6.92. The lowest BCUT2D eigenvalue weighted by Gasteiger charge is -2.12. The van der Waals surface area contributed by atoms with E-state index in [2.05, 4.69) is 32.9 Å². The van der Waals surface area contributed by atoms with E-state index in [0.29, 0.717) is 12.2 Å². The van der Waals surface area contributed by atoms with E-state index in [1.807, 2.05) is 0 Å². The van der Waals surface area contributed by atoms with Crippen LogP contribution in [0.2, 0.25) is 0 Å². The summed E-state index contributed by atoms with van der Waals surface area (Å²) < 4.78 is 19.6. The molecule has 0 saturated heterocycles. The Kier molecular flexibility index (Phi) is 5.86. The molecule has 1 N–H and O–H groups in total. The summed E-state index contributed by atoms with van der Waals surface area (Å²) in [4.78, 5) is 0. The van der Waals surface area contributed by atoms with Crippen molar-refractivity contribution in [3.63, 3.8) is 0 Å². The lowest BCUT2D eigenvalue weighted by Crippen LogP contribution is -2.04. The van der Waals surface area contributed by atoms with Gasteiger partial charge >= 0.3 is 0 Å². The fourth-order valence-electron chi connectivity index (χ4n) is 2.19. The highest BCUT2D eigenvalue weighted by molar-refractivity contribution is 7.79. The summed E-state index contributed by atoms with van der Waals surface area (Å²) in [6.07, 6.45) is 4.25. The maximum Gasteiger partial charge on any atom is 0.153 e. The summed E-state index contributed by atoms with van der Waals surface area (Å²) in [6.45, 7) is 6.39. The van der Waals surface area contributed by atoms with Gasteiger partial charge in [0.1, 0.15) is 0 Å². The highest BCUT2D eigenvalue weighted by atomic mass is 32.2. The quantitative estimate of drug-likeness (QED) is 0.790. The smallest absolute Gasteiger partial charge is 0.153 e. The molecule has 0 aliphatic heterocycles. The molecule has 1 rings (SSSR count). The highest BCUT2D eigenvalue weighted by Gasteiger charge is 2.06. The van der Waals surface area contributed by atoms with E-state index in [1.54, 1.807) is 0 Å². The van der Waals surface area contributed by atoms with Crippen LogP contribution in [-0.4, -0.2) is 14.5 Å². The van der Waals surface area contributed by atoms with Gasteiger partial charge in [0.2, 0.25) is 0 Å². The van der Waals surface area contributed by atoms with Gasteiger partial charge in [-0.25, -0.2) is 4.21 Å². The van der Waals surface area contributed by atoms with Crippen LogP contribution in [0, 0.1) is 13.8 Å². The van der Waals surface area contributed by atoms with Crippen LogP contribution in [0.1, 0.15) is 42.0 Å². The van der Waals surface area contributed by atoms with E-state index in [-0.39, 0.29) is 0 Å². The lowest BCUT2D eigenvalue weighted by atomic mass is 9.95. The Morgan fingerprint density at radius 3 is 2.24 bits per heavy atom. The van der Waals surface area contributed by atoms with Gasteiger partial charge < -0.3 is 4.55 Å².